The van der Waals surface area contributed by atoms with Crippen molar-refractivity contribution in [3.8, 4) is 5.82 Å². The summed E-state index contributed by atoms with van der Waals surface area (Å²) in [5.41, 5.74) is 1.03. The average molecular weight is 508 g/mol. The second-order valence-electron chi connectivity index (χ2n) is 7.35. The van der Waals surface area contributed by atoms with Crippen LogP contribution >= 0.6 is 0 Å². The first kappa shape index (κ1) is 25.8. The molecule has 7 nitrogen and oxygen atoms in total. The van der Waals surface area contributed by atoms with Crippen molar-refractivity contribution in [1.82, 2.24) is 18.9 Å². The molecule has 0 fully saturated rings. The minimum atomic E-state index is -5.93. The number of imidazole rings is 1. The Balaban J connectivity index is 2.24. The minimum absolute atomic E-state index is 0.170. The fraction of sp³-hybridized carbons (Fsp3) is 0.300. The van der Waals surface area contributed by atoms with Gasteiger partial charge in [0.25, 0.3) is 5.56 Å². The van der Waals surface area contributed by atoms with Gasteiger partial charge in [-0.05, 0) is 26.0 Å². The predicted molar refractivity (Wildman–Crippen MR) is 110 cm³/mol. The molecule has 0 aliphatic rings. The number of rotatable bonds is 5. The number of pyridine rings is 1. The summed E-state index contributed by atoms with van der Waals surface area (Å²) in [5.74, 6) is -5.54. The van der Waals surface area contributed by atoms with Gasteiger partial charge in [0.1, 0.15) is 12.4 Å². The van der Waals surface area contributed by atoms with Crippen molar-refractivity contribution in [2.24, 2.45) is 10.7 Å². The third kappa shape index (κ3) is 4.88. The summed E-state index contributed by atoms with van der Waals surface area (Å²) >= 11 is 0. The zero-order valence-electron chi connectivity index (χ0n) is 17.9. The molecule has 0 saturated carbocycles. The number of allylic oxidation sites excluding steroid dienone is 1. The Morgan fingerprint density at radius 3 is 2.29 bits per heavy atom. The number of hydrogen-bond donors (Lipinski definition) is 1. The molecule has 188 valence electrons. The van der Waals surface area contributed by atoms with Crippen molar-refractivity contribution in [1.29, 1.82) is 0 Å². The van der Waals surface area contributed by atoms with Crippen molar-refractivity contribution in [3.05, 3.63) is 63.6 Å². The van der Waals surface area contributed by atoms with Crippen LogP contribution in [0.3, 0.4) is 0 Å². The van der Waals surface area contributed by atoms with Crippen molar-refractivity contribution in [2.45, 2.75) is 32.1 Å². The van der Waals surface area contributed by atoms with Crippen LogP contribution < -0.4 is 11.3 Å². The van der Waals surface area contributed by atoms with E-state index < -0.39 is 53.0 Å². The van der Waals surface area contributed by atoms with E-state index >= 15 is 0 Å². The van der Waals surface area contributed by atoms with Crippen LogP contribution in [0.15, 0.2) is 40.4 Å². The van der Waals surface area contributed by atoms with Crippen molar-refractivity contribution in [3.63, 3.8) is 0 Å². The first-order valence-corrected chi connectivity index (χ1v) is 9.61. The lowest BCUT2D eigenvalue weighted by Gasteiger charge is -2.17. The zero-order valence-corrected chi connectivity index (χ0v) is 17.9. The van der Waals surface area contributed by atoms with E-state index in [2.05, 4.69) is 15.0 Å². The van der Waals surface area contributed by atoms with Gasteiger partial charge in [0.15, 0.2) is 5.69 Å². The predicted octanol–water partition coefficient (Wildman–Crippen LogP) is 4.08. The average Bonchev–Trinajstić information content (AvgIpc) is 3.06. The largest absolute Gasteiger partial charge is 0.455 e. The molecule has 0 unspecified atom stereocenters. The zero-order chi connectivity index (χ0) is 26.3. The smallest absolute Gasteiger partial charge is 0.404 e. The summed E-state index contributed by atoms with van der Waals surface area (Å²) in [4.78, 5) is 23.8. The van der Waals surface area contributed by atoms with Gasteiger partial charge in [-0.2, -0.15) is 35.1 Å². The summed E-state index contributed by atoms with van der Waals surface area (Å²) in [7, 11) is 0. The lowest BCUT2D eigenvalue weighted by molar-refractivity contribution is -0.276. The molecule has 0 saturated heterocycles. The molecule has 3 rings (SSSR count). The Morgan fingerprint density at radius 2 is 1.74 bits per heavy atom. The third-order valence-electron chi connectivity index (χ3n) is 4.74. The molecule has 2 N–H and O–H groups in total. The molecule has 0 amide bonds. The van der Waals surface area contributed by atoms with Crippen LogP contribution in [-0.4, -0.2) is 43.8 Å². The van der Waals surface area contributed by atoms with Crippen LogP contribution in [0.4, 0.5) is 35.1 Å². The van der Waals surface area contributed by atoms with Crippen molar-refractivity contribution >= 4 is 17.6 Å². The number of nitrogens with two attached hydrogens (primary N) is 1. The molecular weight excluding hydrogens is 492 g/mol. The second kappa shape index (κ2) is 8.78. The van der Waals surface area contributed by atoms with Gasteiger partial charge < -0.3 is 5.73 Å². The van der Waals surface area contributed by atoms with E-state index in [4.69, 9.17) is 5.73 Å². The quantitative estimate of drug-likeness (QED) is 0.416. The van der Waals surface area contributed by atoms with E-state index in [1.54, 1.807) is 19.1 Å². The molecule has 0 atom stereocenters. The highest BCUT2D eigenvalue weighted by Crippen LogP contribution is 2.36. The lowest BCUT2D eigenvalue weighted by atomic mass is 10.1. The highest BCUT2D eigenvalue weighted by atomic mass is 19.4. The summed E-state index contributed by atoms with van der Waals surface area (Å²) in [6.45, 7) is 0.996. The molecule has 0 radical (unpaired) electrons. The topological polar surface area (TPSA) is 90.6 Å². The number of halogens is 8. The second-order valence-corrected chi connectivity index (χ2v) is 7.35. The van der Waals surface area contributed by atoms with E-state index in [-0.39, 0.29) is 17.7 Å². The minimum Gasteiger partial charge on any atom is -0.404 e. The van der Waals surface area contributed by atoms with Gasteiger partial charge in [-0.1, -0.05) is 6.07 Å². The molecule has 3 heterocycles. The van der Waals surface area contributed by atoms with Crippen LogP contribution in [0.1, 0.15) is 22.6 Å². The SMILES string of the molecule is Cc1cccc(-n2c(C)cn3c(=O)c(C(C=NCC(F)(F)C(F)(F)F)=CN)c(C(F)(F)F)nc23)n1. The Bertz CT molecular complexity index is 1380. The Hall–Kier alpha value is -3.78. The first-order valence-electron chi connectivity index (χ1n) is 9.61. The van der Waals surface area contributed by atoms with Crippen LogP contribution in [0.25, 0.3) is 17.2 Å². The van der Waals surface area contributed by atoms with Crippen LogP contribution in [0, 0.1) is 13.8 Å². The maximum Gasteiger partial charge on any atom is 0.455 e. The standard InChI is InChI=1S/C20H16F8N6O/c1-10-4-3-5-13(31-10)34-11(2)8-33-16(35)14(15(19(23,24)25)32-17(33)34)12(6-29)7-30-9-18(21,22)20(26,27)28/h3-8H,9,29H2,1-2H3. The highest BCUT2D eigenvalue weighted by molar-refractivity contribution is 6.10. The molecule has 3 aromatic rings. The van der Waals surface area contributed by atoms with Crippen LogP contribution in [0.2, 0.25) is 0 Å². The maximum absolute atomic E-state index is 13.9. The van der Waals surface area contributed by atoms with E-state index in [0.29, 0.717) is 11.9 Å². The summed E-state index contributed by atoms with van der Waals surface area (Å²) in [6, 6.07) is 4.71. The van der Waals surface area contributed by atoms with Crippen LogP contribution in [0.5, 0.6) is 0 Å². The van der Waals surface area contributed by atoms with Crippen molar-refractivity contribution < 1.29 is 35.1 Å². The lowest BCUT2D eigenvalue weighted by Crippen LogP contribution is -2.39. The van der Waals surface area contributed by atoms with Gasteiger partial charge in [-0.15, -0.1) is 0 Å². The fourth-order valence-corrected chi connectivity index (χ4v) is 3.14. The third-order valence-corrected chi connectivity index (χ3v) is 4.74. The van der Waals surface area contributed by atoms with Gasteiger partial charge in [-0.25, -0.2) is 9.97 Å². The Labute approximate surface area is 191 Å². The Kier molecular flexibility index (Phi) is 6.48. The van der Waals surface area contributed by atoms with Gasteiger partial charge in [0, 0.05) is 35.6 Å². The molecule has 0 aromatic carbocycles. The molecule has 35 heavy (non-hydrogen) atoms. The molecule has 0 aliphatic carbocycles. The molecular formula is C20H16F8N6O. The molecule has 3 aromatic heterocycles. The number of hydrogen-bond acceptors (Lipinski definition) is 5. The number of aliphatic imine (C=N–C) groups is 1. The number of aromatic nitrogens is 4. The number of nitrogens with zero attached hydrogens (tertiary/aromatic N) is 5. The molecule has 0 spiro atoms. The summed E-state index contributed by atoms with van der Waals surface area (Å²) in [6.07, 6.45) is -9.32. The molecule has 0 bridgehead atoms. The normalized spacial score (nSPS) is 13.8. The van der Waals surface area contributed by atoms with E-state index in [1.807, 2.05) is 0 Å². The van der Waals surface area contributed by atoms with Gasteiger partial charge >= 0.3 is 18.3 Å². The first-order chi connectivity index (χ1) is 16.1. The Morgan fingerprint density at radius 1 is 1.09 bits per heavy atom. The monoisotopic (exact) mass is 508 g/mol. The number of fused-ring (bicyclic) bond motifs is 1. The van der Waals surface area contributed by atoms with E-state index in [9.17, 15) is 39.9 Å². The van der Waals surface area contributed by atoms with Gasteiger partial charge in [0.05, 0.1) is 5.56 Å². The van der Waals surface area contributed by atoms with Crippen LogP contribution in [-0.2, 0) is 6.18 Å². The van der Waals surface area contributed by atoms with E-state index in [1.165, 1.54) is 23.8 Å². The fourth-order valence-electron chi connectivity index (χ4n) is 3.14. The van der Waals surface area contributed by atoms with Gasteiger partial charge in [0.2, 0.25) is 5.78 Å². The summed E-state index contributed by atoms with van der Waals surface area (Å²) in [5, 5.41) is 0. The van der Waals surface area contributed by atoms with Crippen molar-refractivity contribution in [2.75, 3.05) is 6.54 Å². The van der Waals surface area contributed by atoms with E-state index in [0.717, 1.165) is 4.40 Å². The molecule has 0 aliphatic heterocycles. The maximum atomic E-state index is 13.9. The number of aryl methyl sites for hydroxylation is 2. The molecule has 15 heteroatoms. The van der Waals surface area contributed by atoms with Gasteiger partial charge in [-0.3, -0.25) is 18.8 Å². The highest BCUT2D eigenvalue weighted by Gasteiger charge is 2.57. The number of alkyl halides is 8. The summed E-state index contributed by atoms with van der Waals surface area (Å²) < 4.78 is 107.